The third-order valence-corrected chi connectivity index (χ3v) is 4.32. The van der Waals surface area contributed by atoms with Crippen molar-refractivity contribution >= 4 is 5.91 Å². The lowest BCUT2D eigenvalue weighted by Gasteiger charge is -2.25. The number of hydrogen-bond donors (Lipinski definition) is 1. The molecule has 1 amide bonds. The highest BCUT2D eigenvalue weighted by atomic mass is 16.2. The monoisotopic (exact) mass is 250 g/mol. The molecule has 3 atom stereocenters. The van der Waals surface area contributed by atoms with E-state index in [4.69, 9.17) is 0 Å². The van der Waals surface area contributed by atoms with Crippen LogP contribution in [0.3, 0.4) is 0 Å². The Balaban J connectivity index is 1.93. The SMILES string of the molecule is C=CCN(CCC)C(=O)C1CC2CCCCC2N1. The van der Waals surface area contributed by atoms with Crippen molar-refractivity contribution in [1.82, 2.24) is 10.2 Å². The highest BCUT2D eigenvalue weighted by Crippen LogP contribution is 2.33. The molecule has 2 aliphatic rings. The Morgan fingerprint density at radius 1 is 1.44 bits per heavy atom. The molecule has 1 N–H and O–H groups in total. The number of fused-ring (bicyclic) bond motifs is 1. The third-order valence-electron chi connectivity index (χ3n) is 4.32. The summed E-state index contributed by atoms with van der Waals surface area (Å²) in [6.07, 6.45) is 9.10. The number of carbonyl (C=O) groups is 1. The second-order valence-electron chi connectivity index (χ2n) is 5.68. The predicted molar refractivity (Wildman–Crippen MR) is 74.4 cm³/mol. The third kappa shape index (κ3) is 2.94. The van der Waals surface area contributed by atoms with Gasteiger partial charge in [-0.05, 0) is 31.6 Å². The number of nitrogens with zero attached hydrogens (tertiary/aromatic N) is 1. The van der Waals surface area contributed by atoms with Crippen LogP contribution in [0.25, 0.3) is 0 Å². The van der Waals surface area contributed by atoms with E-state index in [-0.39, 0.29) is 11.9 Å². The molecule has 0 aromatic carbocycles. The van der Waals surface area contributed by atoms with Crippen LogP contribution >= 0.6 is 0 Å². The van der Waals surface area contributed by atoms with Crippen LogP contribution in [0.15, 0.2) is 12.7 Å². The van der Waals surface area contributed by atoms with E-state index in [0.717, 1.165) is 25.3 Å². The standard InChI is InChI=1S/C15H26N2O/c1-3-9-17(10-4-2)15(18)14-11-12-7-5-6-8-13(12)16-14/h3,12-14,16H,1,4-11H2,2H3. The molecular formula is C15H26N2O. The van der Waals surface area contributed by atoms with Crippen LogP contribution in [0.5, 0.6) is 0 Å². The minimum absolute atomic E-state index is 0.0598. The second kappa shape index (κ2) is 6.37. The van der Waals surface area contributed by atoms with Gasteiger partial charge in [0.25, 0.3) is 0 Å². The van der Waals surface area contributed by atoms with Gasteiger partial charge in [0.2, 0.25) is 5.91 Å². The summed E-state index contributed by atoms with van der Waals surface area (Å²) in [5, 5.41) is 3.56. The summed E-state index contributed by atoms with van der Waals surface area (Å²) in [5.74, 6) is 1.02. The van der Waals surface area contributed by atoms with Crippen LogP contribution in [0.2, 0.25) is 0 Å². The molecule has 1 heterocycles. The van der Waals surface area contributed by atoms with E-state index in [1.165, 1.54) is 25.7 Å². The molecule has 2 rings (SSSR count). The van der Waals surface area contributed by atoms with Gasteiger partial charge in [-0.25, -0.2) is 0 Å². The maximum atomic E-state index is 12.5. The Hall–Kier alpha value is -0.830. The van der Waals surface area contributed by atoms with E-state index in [2.05, 4.69) is 18.8 Å². The van der Waals surface area contributed by atoms with Crippen LogP contribution < -0.4 is 5.32 Å². The number of hydrogen-bond acceptors (Lipinski definition) is 2. The van der Waals surface area contributed by atoms with E-state index in [9.17, 15) is 4.79 Å². The molecule has 0 radical (unpaired) electrons. The first kappa shape index (κ1) is 13.6. The normalized spacial score (nSPS) is 30.8. The summed E-state index contributed by atoms with van der Waals surface area (Å²) in [4.78, 5) is 14.4. The zero-order valence-electron chi connectivity index (χ0n) is 11.5. The van der Waals surface area contributed by atoms with Gasteiger partial charge in [0, 0.05) is 19.1 Å². The minimum Gasteiger partial charge on any atom is -0.338 e. The lowest BCUT2D eigenvalue weighted by Crippen LogP contribution is -2.45. The number of rotatable bonds is 5. The van der Waals surface area contributed by atoms with Gasteiger partial charge in [-0.15, -0.1) is 6.58 Å². The van der Waals surface area contributed by atoms with E-state index in [1.54, 1.807) is 0 Å². The molecule has 3 unspecified atom stereocenters. The van der Waals surface area contributed by atoms with E-state index in [1.807, 2.05) is 11.0 Å². The number of carbonyl (C=O) groups excluding carboxylic acids is 1. The molecular weight excluding hydrogens is 224 g/mol. The topological polar surface area (TPSA) is 32.3 Å². The van der Waals surface area contributed by atoms with Crippen molar-refractivity contribution in [2.24, 2.45) is 5.92 Å². The van der Waals surface area contributed by atoms with Crippen LogP contribution in [0.4, 0.5) is 0 Å². The summed E-state index contributed by atoms with van der Waals surface area (Å²) < 4.78 is 0. The Morgan fingerprint density at radius 2 is 2.22 bits per heavy atom. The molecule has 3 nitrogen and oxygen atoms in total. The van der Waals surface area contributed by atoms with Crippen LogP contribution in [-0.2, 0) is 4.79 Å². The summed E-state index contributed by atoms with van der Waals surface area (Å²) in [6, 6.07) is 0.657. The molecule has 0 aromatic heterocycles. The van der Waals surface area contributed by atoms with Crippen molar-refractivity contribution in [2.45, 2.75) is 57.5 Å². The average molecular weight is 250 g/mol. The summed E-state index contributed by atoms with van der Waals surface area (Å²) in [5.41, 5.74) is 0. The fraction of sp³-hybridized carbons (Fsp3) is 0.800. The molecule has 2 fully saturated rings. The average Bonchev–Trinajstić information content (AvgIpc) is 2.81. The van der Waals surface area contributed by atoms with Gasteiger partial charge in [0.15, 0.2) is 0 Å². The molecule has 1 saturated carbocycles. The molecule has 0 spiro atoms. The first-order valence-corrected chi connectivity index (χ1v) is 7.42. The lowest BCUT2D eigenvalue weighted by molar-refractivity contribution is -0.132. The zero-order valence-corrected chi connectivity index (χ0v) is 11.5. The summed E-state index contributed by atoms with van der Waals surface area (Å²) >= 11 is 0. The smallest absolute Gasteiger partial charge is 0.240 e. The van der Waals surface area contributed by atoms with Gasteiger partial charge in [-0.2, -0.15) is 0 Å². The second-order valence-corrected chi connectivity index (χ2v) is 5.68. The quantitative estimate of drug-likeness (QED) is 0.760. The van der Waals surface area contributed by atoms with E-state index < -0.39 is 0 Å². The highest BCUT2D eigenvalue weighted by Gasteiger charge is 2.39. The van der Waals surface area contributed by atoms with Crippen LogP contribution in [0, 0.1) is 5.92 Å². The molecule has 3 heteroatoms. The summed E-state index contributed by atoms with van der Waals surface area (Å²) in [7, 11) is 0. The summed E-state index contributed by atoms with van der Waals surface area (Å²) in [6.45, 7) is 7.39. The van der Waals surface area contributed by atoms with Crippen molar-refractivity contribution in [2.75, 3.05) is 13.1 Å². The molecule has 0 aromatic rings. The Bertz CT molecular complexity index is 289. The largest absolute Gasteiger partial charge is 0.338 e. The van der Waals surface area contributed by atoms with Gasteiger partial charge in [0.05, 0.1) is 6.04 Å². The predicted octanol–water partition coefficient (Wildman–Crippen LogP) is 2.33. The maximum Gasteiger partial charge on any atom is 0.240 e. The molecule has 102 valence electrons. The van der Waals surface area contributed by atoms with Gasteiger partial charge < -0.3 is 10.2 Å². The zero-order chi connectivity index (χ0) is 13.0. The van der Waals surface area contributed by atoms with Crippen molar-refractivity contribution in [1.29, 1.82) is 0 Å². The van der Waals surface area contributed by atoms with Gasteiger partial charge in [0.1, 0.15) is 0 Å². The molecule has 1 aliphatic carbocycles. The van der Waals surface area contributed by atoms with Crippen molar-refractivity contribution in [3.05, 3.63) is 12.7 Å². The minimum atomic E-state index is 0.0598. The van der Waals surface area contributed by atoms with Gasteiger partial charge in [-0.1, -0.05) is 25.8 Å². The Labute approximate surface area is 111 Å². The molecule has 1 saturated heterocycles. The number of nitrogens with one attached hydrogen (secondary N) is 1. The van der Waals surface area contributed by atoms with Crippen molar-refractivity contribution < 1.29 is 4.79 Å². The molecule has 0 bridgehead atoms. The van der Waals surface area contributed by atoms with Crippen molar-refractivity contribution in [3.8, 4) is 0 Å². The Morgan fingerprint density at radius 3 is 2.89 bits per heavy atom. The lowest BCUT2D eigenvalue weighted by atomic mass is 9.85. The van der Waals surface area contributed by atoms with Gasteiger partial charge in [-0.3, -0.25) is 4.79 Å². The van der Waals surface area contributed by atoms with E-state index >= 15 is 0 Å². The maximum absolute atomic E-state index is 12.5. The first-order chi connectivity index (χ1) is 8.76. The molecule has 18 heavy (non-hydrogen) atoms. The van der Waals surface area contributed by atoms with Crippen molar-refractivity contribution in [3.63, 3.8) is 0 Å². The van der Waals surface area contributed by atoms with Gasteiger partial charge >= 0.3 is 0 Å². The fourth-order valence-electron chi connectivity index (χ4n) is 3.45. The fourth-order valence-corrected chi connectivity index (χ4v) is 3.45. The Kier molecular flexibility index (Phi) is 4.81. The van der Waals surface area contributed by atoms with Crippen LogP contribution in [0.1, 0.15) is 45.4 Å². The highest BCUT2D eigenvalue weighted by molar-refractivity contribution is 5.82. The molecule has 1 aliphatic heterocycles. The van der Waals surface area contributed by atoms with E-state index in [0.29, 0.717) is 12.6 Å². The first-order valence-electron chi connectivity index (χ1n) is 7.42. The van der Waals surface area contributed by atoms with Crippen LogP contribution in [-0.4, -0.2) is 36.0 Å². The number of amides is 1.